The van der Waals surface area contributed by atoms with Gasteiger partial charge in [-0.15, -0.1) is 0 Å². The van der Waals surface area contributed by atoms with Crippen LogP contribution in [0, 0.1) is 0 Å². The maximum absolute atomic E-state index is 12.6. The maximum Gasteiger partial charge on any atom is 0.357 e. The van der Waals surface area contributed by atoms with Crippen molar-refractivity contribution in [3.8, 4) is 0 Å². The summed E-state index contributed by atoms with van der Waals surface area (Å²) < 4.78 is 29.8. The molecule has 1 aromatic heterocycles. The Hall–Kier alpha value is -1.24. The summed E-state index contributed by atoms with van der Waals surface area (Å²) in [7, 11) is 1.08. The highest BCUT2D eigenvalue weighted by Gasteiger charge is 2.24. The normalized spacial score (nSPS) is 10.5. The van der Waals surface area contributed by atoms with Gasteiger partial charge in [-0.1, -0.05) is 0 Å². The molecule has 0 aromatic carbocycles. The van der Waals surface area contributed by atoms with Gasteiger partial charge in [0.25, 0.3) is 6.43 Å². The Morgan fingerprint density at radius 2 is 2.27 bits per heavy atom. The molecule has 0 saturated carbocycles. The smallest absolute Gasteiger partial charge is 0.357 e. The molecule has 0 spiro atoms. The number of carbonyl (C=O) groups is 1. The van der Waals surface area contributed by atoms with Crippen LogP contribution >= 0.6 is 15.9 Å². The number of pyridine rings is 1. The molecule has 1 rings (SSSR count). The SMILES string of the molecule is COC(=O)c1ncc(Br)c(N)c1C(F)F. The third kappa shape index (κ3) is 2.23. The van der Waals surface area contributed by atoms with Crippen molar-refractivity contribution in [3.63, 3.8) is 0 Å². The molecule has 2 N–H and O–H groups in total. The molecule has 0 amide bonds. The Labute approximate surface area is 92.6 Å². The van der Waals surface area contributed by atoms with Crippen molar-refractivity contribution in [1.82, 2.24) is 4.98 Å². The summed E-state index contributed by atoms with van der Waals surface area (Å²) in [5.74, 6) is -0.940. The standard InChI is InChI=1S/C8H7BrF2N2O2/c1-15-8(14)6-4(7(10)11)5(12)3(9)2-13-6/h2,7H,1H3,(H2,12,13). The molecule has 15 heavy (non-hydrogen) atoms. The lowest BCUT2D eigenvalue weighted by atomic mass is 10.1. The number of ether oxygens (including phenoxy) is 1. The van der Waals surface area contributed by atoms with E-state index in [9.17, 15) is 13.6 Å². The van der Waals surface area contributed by atoms with Gasteiger partial charge in [-0.05, 0) is 15.9 Å². The van der Waals surface area contributed by atoms with Gasteiger partial charge >= 0.3 is 5.97 Å². The van der Waals surface area contributed by atoms with Crippen molar-refractivity contribution in [1.29, 1.82) is 0 Å². The van der Waals surface area contributed by atoms with Crippen molar-refractivity contribution in [2.45, 2.75) is 6.43 Å². The van der Waals surface area contributed by atoms with Gasteiger partial charge in [0.2, 0.25) is 0 Å². The summed E-state index contributed by atoms with van der Waals surface area (Å²) in [6.07, 6.45) is -1.71. The first-order valence-corrected chi connectivity index (χ1v) is 4.58. The highest BCUT2D eigenvalue weighted by molar-refractivity contribution is 9.10. The fourth-order valence-electron chi connectivity index (χ4n) is 0.997. The number of nitrogens with two attached hydrogens (primary N) is 1. The van der Waals surface area contributed by atoms with E-state index < -0.39 is 23.7 Å². The summed E-state index contributed by atoms with van der Waals surface area (Å²) in [5.41, 5.74) is 4.11. The molecule has 0 fully saturated rings. The molecule has 82 valence electrons. The van der Waals surface area contributed by atoms with Gasteiger partial charge in [-0.3, -0.25) is 0 Å². The highest BCUT2D eigenvalue weighted by Crippen LogP contribution is 2.32. The van der Waals surface area contributed by atoms with E-state index in [4.69, 9.17) is 5.73 Å². The van der Waals surface area contributed by atoms with Crippen molar-refractivity contribution in [3.05, 3.63) is 21.9 Å². The average molecular weight is 281 g/mol. The number of hydrogen-bond acceptors (Lipinski definition) is 4. The molecule has 0 unspecified atom stereocenters. The van der Waals surface area contributed by atoms with Gasteiger partial charge in [0.05, 0.1) is 22.8 Å². The number of halogens is 3. The number of nitrogens with zero attached hydrogens (tertiary/aromatic N) is 1. The van der Waals surface area contributed by atoms with E-state index >= 15 is 0 Å². The zero-order chi connectivity index (χ0) is 11.6. The molecule has 0 saturated heterocycles. The van der Waals surface area contributed by atoms with Crippen LogP contribution in [-0.2, 0) is 4.74 Å². The van der Waals surface area contributed by atoms with E-state index in [1.54, 1.807) is 0 Å². The lowest BCUT2D eigenvalue weighted by Crippen LogP contribution is -2.11. The summed E-state index contributed by atoms with van der Waals surface area (Å²) in [5, 5.41) is 0. The summed E-state index contributed by atoms with van der Waals surface area (Å²) in [6, 6.07) is 0. The van der Waals surface area contributed by atoms with Crippen LogP contribution in [0.3, 0.4) is 0 Å². The lowest BCUT2D eigenvalue weighted by molar-refractivity contribution is 0.0582. The Morgan fingerprint density at radius 3 is 2.73 bits per heavy atom. The van der Waals surface area contributed by atoms with E-state index in [1.165, 1.54) is 6.20 Å². The van der Waals surface area contributed by atoms with Crippen molar-refractivity contribution in [2.24, 2.45) is 0 Å². The van der Waals surface area contributed by atoms with Gasteiger partial charge in [0.15, 0.2) is 5.69 Å². The average Bonchev–Trinajstić information content (AvgIpc) is 2.20. The molecule has 0 radical (unpaired) electrons. The third-order valence-corrected chi connectivity index (χ3v) is 2.34. The molecular weight excluding hydrogens is 274 g/mol. The first kappa shape index (κ1) is 11.8. The first-order chi connectivity index (χ1) is 6.99. The first-order valence-electron chi connectivity index (χ1n) is 3.79. The van der Waals surface area contributed by atoms with Crippen molar-refractivity contribution < 1.29 is 18.3 Å². The van der Waals surface area contributed by atoms with Crippen LogP contribution in [-0.4, -0.2) is 18.1 Å². The number of esters is 1. The Bertz CT molecular complexity index is 398. The Kier molecular flexibility index (Phi) is 3.57. The van der Waals surface area contributed by atoms with Crippen LogP contribution in [0.1, 0.15) is 22.5 Å². The number of hydrogen-bond donors (Lipinski definition) is 1. The topological polar surface area (TPSA) is 65.2 Å². The fourth-order valence-corrected chi connectivity index (χ4v) is 1.31. The summed E-state index contributed by atoms with van der Waals surface area (Å²) in [4.78, 5) is 14.7. The summed E-state index contributed by atoms with van der Waals surface area (Å²) >= 11 is 2.95. The van der Waals surface area contributed by atoms with E-state index in [2.05, 4.69) is 25.7 Å². The monoisotopic (exact) mass is 280 g/mol. The van der Waals surface area contributed by atoms with E-state index in [-0.39, 0.29) is 10.2 Å². The Balaban J connectivity index is 3.40. The molecule has 1 aromatic rings. The van der Waals surface area contributed by atoms with Gasteiger partial charge < -0.3 is 10.5 Å². The van der Waals surface area contributed by atoms with E-state index in [0.717, 1.165) is 7.11 Å². The second-order valence-electron chi connectivity index (χ2n) is 2.57. The van der Waals surface area contributed by atoms with Crippen LogP contribution in [0.2, 0.25) is 0 Å². The molecule has 0 aliphatic carbocycles. The second kappa shape index (κ2) is 4.52. The predicted octanol–water partition coefficient (Wildman–Crippen LogP) is 2.15. The third-order valence-electron chi connectivity index (χ3n) is 1.71. The zero-order valence-electron chi connectivity index (χ0n) is 7.63. The number of rotatable bonds is 2. The van der Waals surface area contributed by atoms with Crippen LogP contribution in [0.15, 0.2) is 10.7 Å². The molecule has 0 bridgehead atoms. The summed E-state index contributed by atoms with van der Waals surface area (Å²) in [6.45, 7) is 0. The lowest BCUT2D eigenvalue weighted by Gasteiger charge is -2.10. The molecule has 0 atom stereocenters. The van der Waals surface area contributed by atoms with Crippen LogP contribution in [0.5, 0.6) is 0 Å². The predicted molar refractivity (Wildman–Crippen MR) is 52.6 cm³/mol. The van der Waals surface area contributed by atoms with Crippen LogP contribution < -0.4 is 5.73 Å². The fraction of sp³-hybridized carbons (Fsp3) is 0.250. The molecule has 0 aliphatic rings. The highest BCUT2D eigenvalue weighted by atomic mass is 79.9. The number of carbonyl (C=O) groups excluding carboxylic acids is 1. The number of methoxy groups -OCH3 is 1. The second-order valence-corrected chi connectivity index (χ2v) is 3.43. The van der Waals surface area contributed by atoms with Crippen molar-refractivity contribution >= 4 is 27.6 Å². The number of alkyl halides is 2. The van der Waals surface area contributed by atoms with Gasteiger partial charge in [0, 0.05) is 6.20 Å². The maximum atomic E-state index is 12.6. The van der Waals surface area contributed by atoms with Crippen LogP contribution in [0.25, 0.3) is 0 Å². The zero-order valence-corrected chi connectivity index (χ0v) is 9.22. The van der Waals surface area contributed by atoms with E-state index in [0.29, 0.717) is 0 Å². The van der Waals surface area contributed by atoms with E-state index in [1.807, 2.05) is 0 Å². The molecule has 1 heterocycles. The van der Waals surface area contributed by atoms with Gasteiger partial charge in [0.1, 0.15) is 0 Å². The molecule has 4 nitrogen and oxygen atoms in total. The molecular formula is C8H7BrF2N2O2. The number of aromatic nitrogens is 1. The largest absolute Gasteiger partial charge is 0.464 e. The van der Waals surface area contributed by atoms with Crippen LogP contribution in [0.4, 0.5) is 14.5 Å². The van der Waals surface area contributed by atoms with Crippen molar-refractivity contribution in [2.75, 3.05) is 12.8 Å². The quantitative estimate of drug-likeness (QED) is 0.843. The van der Waals surface area contributed by atoms with Gasteiger partial charge in [-0.2, -0.15) is 0 Å². The number of nitrogen functional groups attached to an aromatic ring is 1. The molecule has 7 heteroatoms. The minimum absolute atomic E-state index is 0.208. The van der Waals surface area contributed by atoms with Gasteiger partial charge in [-0.25, -0.2) is 18.6 Å². The molecule has 0 aliphatic heterocycles. The Morgan fingerprint density at radius 1 is 1.67 bits per heavy atom. The minimum atomic E-state index is -2.89. The number of anilines is 1. The minimum Gasteiger partial charge on any atom is -0.464 e.